The first kappa shape index (κ1) is 14.1. The first-order valence-corrected chi connectivity index (χ1v) is 7.07. The van der Waals surface area contributed by atoms with Crippen LogP contribution in [0.5, 0.6) is 5.75 Å². The van der Waals surface area contributed by atoms with Crippen LogP contribution in [-0.4, -0.2) is 23.9 Å². The van der Waals surface area contributed by atoms with Crippen molar-refractivity contribution in [2.24, 2.45) is 0 Å². The zero-order valence-electron chi connectivity index (χ0n) is 11.4. The lowest BCUT2D eigenvalue weighted by Crippen LogP contribution is -2.32. The number of nitrogens with one attached hydrogen (secondary N) is 1. The number of halogens is 1. The number of ether oxygens (including phenoxy) is 1. The molecule has 0 saturated heterocycles. The Balaban J connectivity index is 2.03. The summed E-state index contributed by atoms with van der Waals surface area (Å²) in [5.41, 5.74) is 0.701. The SMILES string of the molecule is CCOc1ccc(NC2CCCCCC2O)cc1F. The number of benzene rings is 1. The van der Waals surface area contributed by atoms with E-state index in [0.717, 1.165) is 32.1 Å². The van der Waals surface area contributed by atoms with E-state index in [9.17, 15) is 9.50 Å². The van der Waals surface area contributed by atoms with Gasteiger partial charge in [-0.3, -0.25) is 0 Å². The molecule has 2 unspecified atom stereocenters. The largest absolute Gasteiger partial charge is 0.491 e. The zero-order valence-corrected chi connectivity index (χ0v) is 11.4. The van der Waals surface area contributed by atoms with E-state index in [-0.39, 0.29) is 23.7 Å². The van der Waals surface area contributed by atoms with Crippen molar-refractivity contribution in [3.63, 3.8) is 0 Å². The summed E-state index contributed by atoms with van der Waals surface area (Å²) in [4.78, 5) is 0. The fourth-order valence-electron chi connectivity index (χ4n) is 2.53. The predicted octanol–water partition coefficient (Wildman–Crippen LogP) is 3.33. The Morgan fingerprint density at radius 1 is 1.32 bits per heavy atom. The molecule has 0 radical (unpaired) electrons. The number of rotatable bonds is 4. The Labute approximate surface area is 113 Å². The van der Waals surface area contributed by atoms with Crippen LogP contribution in [0.3, 0.4) is 0 Å². The maximum absolute atomic E-state index is 13.7. The molecule has 2 atom stereocenters. The van der Waals surface area contributed by atoms with Crippen molar-refractivity contribution in [1.29, 1.82) is 0 Å². The second-order valence-corrected chi connectivity index (χ2v) is 5.03. The van der Waals surface area contributed by atoms with Gasteiger partial charge in [-0.05, 0) is 31.9 Å². The molecular weight excluding hydrogens is 245 g/mol. The Morgan fingerprint density at radius 3 is 2.84 bits per heavy atom. The lowest BCUT2D eigenvalue weighted by atomic mass is 10.1. The van der Waals surface area contributed by atoms with Gasteiger partial charge in [-0.15, -0.1) is 0 Å². The molecule has 3 nitrogen and oxygen atoms in total. The summed E-state index contributed by atoms with van der Waals surface area (Å²) < 4.78 is 18.9. The third-order valence-electron chi connectivity index (χ3n) is 3.56. The molecule has 106 valence electrons. The molecule has 19 heavy (non-hydrogen) atoms. The Bertz CT molecular complexity index is 411. The summed E-state index contributed by atoms with van der Waals surface area (Å²) in [5, 5.41) is 13.3. The lowest BCUT2D eigenvalue weighted by molar-refractivity contribution is 0.144. The predicted molar refractivity (Wildman–Crippen MR) is 74.1 cm³/mol. The molecule has 0 aliphatic heterocycles. The van der Waals surface area contributed by atoms with Crippen molar-refractivity contribution in [2.45, 2.75) is 51.2 Å². The van der Waals surface area contributed by atoms with Gasteiger partial charge in [-0.2, -0.15) is 0 Å². The van der Waals surface area contributed by atoms with Gasteiger partial charge in [0, 0.05) is 11.8 Å². The van der Waals surface area contributed by atoms with Gasteiger partial charge in [0.15, 0.2) is 11.6 Å². The van der Waals surface area contributed by atoms with Crippen LogP contribution >= 0.6 is 0 Å². The standard InChI is InChI=1S/C15H22FNO2/c1-2-19-15-9-8-11(10-12(15)16)17-13-6-4-3-5-7-14(13)18/h8-10,13-14,17-18H,2-7H2,1H3. The summed E-state index contributed by atoms with van der Waals surface area (Å²) >= 11 is 0. The molecule has 0 spiro atoms. The number of aliphatic hydroxyl groups excluding tert-OH is 1. The molecule has 1 aliphatic carbocycles. The molecule has 0 aromatic heterocycles. The molecule has 2 N–H and O–H groups in total. The molecule has 1 fully saturated rings. The first-order chi connectivity index (χ1) is 9.20. The smallest absolute Gasteiger partial charge is 0.167 e. The highest BCUT2D eigenvalue weighted by Crippen LogP contribution is 2.25. The number of aliphatic hydroxyl groups is 1. The Morgan fingerprint density at radius 2 is 2.11 bits per heavy atom. The number of hydrogen-bond acceptors (Lipinski definition) is 3. The van der Waals surface area contributed by atoms with Crippen LogP contribution in [0, 0.1) is 5.82 Å². The minimum atomic E-state index is -0.366. The quantitative estimate of drug-likeness (QED) is 0.822. The van der Waals surface area contributed by atoms with Crippen molar-refractivity contribution < 1.29 is 14.2 Å². The summed E-state index contributed by atoms with van der Waals surface area (Å²) in [7, 11) is 0. The van der Waals surface area contributed by atoms with E-state index in [4.69, 9.17) is 4.74 Å². The van der Waals surface area contributed by atoms with Crippen LogP contribution in [0.15, 0.2) is 18.2 Å². The van der Waals surface area contributed by atoms with Crippen molar-refractivity contribution in [3.8, 4) is 5.75 Å². The normalized spacial score (nSPS) is 23.7. The second kappa shape index (κ2) is 6.75. The second-order valence-electron chi connectivity index (χ2n) is 5.03. The van der Waals surface area contributed by atoms with E-state index in [1.54, 1.807) is 12.1 Å². The van der Waals surface area contributed by atoms with Gasteiger partial charge in [0.1, 0.15) is 0 Å². The maximum atomic E-state index is 13.7. The van der Waals surface area contributed by atoms with Crippen LogP contribution < -0.4 is 10.1 Å². The van der Waals surface area contributed by atoms with Gasteiger partial charge in [0.05, 0.1) is 18.8 Å². The average molecular weight is 267 g/mol. The van der Waals surface area contributed by atoms with Crippen molar-refractivity contribution in [3.05, 3.63) is 24.0 Å². The van der Waals surface area contributed by atoms with Crippen LogP contribution in [0.2, 0.25) is 0 Å². The first-order valence-electron chi connectivity index (χ1n) is 7.07. The highest BCUT2D eigenvalue weighted by molar-refractivity contribution is 5.48. The number of hydrogen-bond donors (Lipinski definition) is 2. The summed E-state index contributed by atoms with van der Waals surface area (Å²) in [6.07, 6.45) is 4.72. The molecule has 0 heterocycles. The van der Waals surface area contributed by atoms with Crippen molar-refractivity contribution in [1.82, 2.24) is 0 Å². The average Bonchev–Trinajstić information content (AvgIpc) is 2.59. The van der Waals surface area contributed by atoms with Crippen molar-refractivity contribution in [2.75, 3.05) is 11.9 Å². The third-order valence-corrected chi connectivity index (χ3v) is 3.56. The Hall–Kier alpha value is -1.29. The van der Waals surface area contributed by atoms with Crippen LogP contribution in [0.1, 0.15) is 39.0 Å². The Kier molecular flexibility index (Phi) is 5.02. The minimum Gasteiger partial charge on any atom is -0.491 e. The highest BCUT2D eigenvalue weighted by Gasteiger charge is 2.21. The van der Waals surface area contributed by atoms with Crippen molar-refractivity contribution >= 4 is 5.69 Å². The molecule has 2 rings (SSSR count). The summed E-state index contributed by atoms with van der Waals surface area (Å²) in [5.74, 6) is -0.0931. The van der Waals surface area contributed by atoms with Crippen LogP contribution in [0.4, 0.5) is 10.1 Å². The summed E-state index contributed by atoms with van der Waals surface area (Å²) in [6.45, 7) is 2.28. The van der Waals surface area contributed by atoms with Gasteiger partial charge >= 0.3 is 0 Å². The van der Waals surface area contributed by atoms with E-state index in [1.165, 1.54) is 6.07 Å². The molecule has 1 aromatic rings. The summed E-state index contributed by atoms with van der Waals surface area (Å²) in [6, 6.07) is 4.87. The van der Waals surface area contributed by atoms with E-state index >= 15 is 0 Å². The van der Waals surface area contributed by atoms with Gasteiger partial charge in [-0.1, -0.05) is 19.3 Å². The van der Waals surface area contributed by atoms with Gasteiger partial charge in [-0.25, -0.2) is 4.39 Å². The molecule has 1 saturated carbocycles. The van der Waals surface area contributed by atoms with E-state index in [0.29, 0.717) is 12.3 Å². The molecule has 0 amide bonds. The molecule has 4 heteroatoms. The number of anilines is 1. The van der Waals surface area contributed by atoms with E-state index in [2.05, 4.69) is 5.32 Å². The van der Waals surface area contributed by atoms with E-state index in [1.807, 2.05) is 6.92 Å². The van der Waals surface area contributed by atoms with Crippen LogP contribution in [0.25, 0.3) is 0 Å². The molecular formula is C15H22FNO2. The maximum Gasteiger partial charge on any atom is 0.167 e. The fraction of sp³-hybridized carbons (Fsp3) is 0.600. The van der Waals surface area contributed by atoms with Gasteiger partial charge in [0.2, 0.25) is 0 Å². The molecule has 1 aliphatic rings. The fourth-order valence-corrected chi connectivity index (χ4v) is 2.53. The third kappa shape index (κ3) is 3.83. The monoisotopic (exact) mass is 267 g/mol. The van der Waals surface area contributed by atoms with Gasteiger partial charge in [0.25, 0.3) is 0 Å². The highest BCUT2D eigenvalue weighted by atomic mass is 19.1. The zero-order chi connectivity index (χ0) is 13.7. The topological polar surface area (TPSA) is 41.5 Å². The molecule has 1 aromatic carbocycles. The minimum absolute atomic E-state index is 0.0137. The lowest BCUT2D eigenvalue weighted by Gasteiger charge is -2.23. The molecule has 0 bridgehead atoms. The van der Waals surface area contributed by atoms with E-state index < -0.39 is 0 Å². The van der Waals surface area contributed by atoms with Gasteiger partial charge < -0.3 is 15.2 Å². The van der Waals surface area contributed by atoms with Crippen LogP contribution in [-0.2, 0) is 0 Å².